The minimum Gasteiger partial charge on any atom is -0.492 e. The molecule has 1 atom stereocenters. The van der Waals surface area contributed by atoms with Crippen LogP contribution in [0.3, 0.4) is 0 Å². The molecule has 0 saturated carbocycles. The first-order valence-electron chi connectivity index (χ1n) is 8.11. The number of ether oxygens (including phenoxy) is 2. The van der Waals surface area contributed by atoms with Crippen LogP contribution in [0, 0.1) is 5.92 Å². The Morgan fingerprint density at radius 3 is 3.04 bits per heavy atom. The molecule has 3 N–H and O–H groups in total. The van der Waals surface area contributed by atoms with Gasteiger partial charge in [-0.2, -0.15) is 0 Å². The number of carbonyl (C=O) groups is 2. The molecule has 7 nitrogen and oxygen atoms in total. The Morgan fingerprint density at radius 2 is 2.20 bits per heavy atom. The molecule has 1 aromatic carbocycles. The molecule has 3 heterocycles. The van der Waals surface area contributed by atoms with Crippen molar-refractivity contribution < 1.29 is 19.1 Å². The van der Waals surface area contributed by atoms with E-state index in [1.54, 1.807) is 12.3 Å². The lowest BCUT2D eigenvalue weighted by molar-refractivity contribution is -0.123. The fourth-order valence-electron chi connectivity index (χ4n) is 3.10. The van der Waals surface area contributed by atoms with Gasteiger partial charge in [-0.3, -0.25) is 9.59 Å². The second kappa shape index (κ2) is 6.08. The summed E-state index contributed by atoms with van der Waals surface area (Å²) in [5.41, 5.74) is 7.15. The van der Waals surface area contributed by atoms with Crippen molar-refractivity contribution in [1.82, 2.24) is 4.98 Å². The summed E-state index contributed by atoms with van der Waals surface area (Å²) in [4.78, 5) is 27.1. The average Bonchev–Trinajstić information content (AvgIpc) is 2.61. The van der Waals surface area contributed by atoms with Crippen molar-refractivity contribution in [1.29, 1.82) is 0 Å². The first-order valence-corrected chi connectivity index (χ1v) is 8.11. The Morgan fingerprint density at radius 1 is 1.32 bits per heavy atom. The molecule has 4 rings (SSSR count). The van der Waals surface area contributed by atoms with Crippen LogP contribution in [-0.4, -0.2) is 23.4 Å². The van der Waals surface area contributed by atoms with Crippen LogP contribution < -0.4 is 20.5 Å². The van der Waals surface area contributed by atoms with Gasteiger partial charge < -0.3 is 20.5 Å². The van der Waals surface area contributed by atoms with Gasteiger partial charge in [-0.25, -0.2) is 4.98 Å². The van der Waals surface area contributed by atoms with Crippen molar-refractivity contribution in [2.24, 2.45) is 11.7 Å². The van der Waals surface area contributed by atoms with Crippen LogP contribution in [0.5, 0.6) is 17.2 Å². The van der Waals surface area contributed by atoms with Crippen LogP contribution in [0.1, 0.15) is 17.5 Å². The molecule has 0 saturated heterocycles. The molecule has 128 valence electrons. The number of hydrogen-bond donors (Lipinski definition) is 2. The van der Waals surface area contributed by atoms with Gasteiger partial charge in [0.15, 0.2) is 0 Å². The van der Waals surface area contributed by atoms with Gasteiger partial charge in [0, 0.05) is 18.2 Å². The number of nitrogens with two attached hydrogens (primary N) is 1. The Bertz CT molecular complexity index is 865. The first kappa shape index (κ1) is 15.4. The fourth-order valence-corrected chi connectivity index (χ4v) is 3.10. The quantitative estimate of drug-likeness (QED) is 0.887. The van der Waals surface area contributed by atoms with Gasteiger partial charge in [0.25, 0.3) is 0 Å². The van der Waals surface area contributed by atoms with Crippen molar-refractivity contribution in [2.45, 2.75) is 19.3 Å². The maximum absolute atomic E-state index is 11.5. The average molecular weight is 339 g/mol. The Labute approximate surface area is 144 Å². The Balaban J connectivity index is 1.60. The first-order chi connectivity index (χ1) is 12.1. The highest BCUT2D eigenvalue weighted by Gasteiger charge is 2.25. The topological polar surface area (TPSA) is 104 Å². The van der Waals surface area contributed by atoms with Gasteiger partial charge >= 0.3 is 0 Å². The Kier molecular flexibility index (Phi) is 3.76. The zero-order valence-electron chi connectivity index (χ0n) is 13.5. The van der Waals surface area contributed by atoms with E-state index in [9.17, 15) is 9.59 Å². The van der Waals surface area contributed by atoms with Gasteiger partial charge in [0.1, 0.15) is 29.7 Å². The van der Waals surface area contributed by atoms with E-state index in [0.29, 0.717) is 43.2 Å². The number of amides is 2. The lowest BCUT2D eigenvalue weighted by atomic mass is 9.96. The molecular weight excluding hydrogens is 322 g/mol. The molecule has 2 aliphatic heterocycles. The molecular formula is C18H17N3O4. The molecule has 2 aromatic rings. The minimum absolute atomic E-state index is 0.0411. The number of fused-ring (bicyclic) bond motifs is 2. The number of carbonyl (C=O) groups excluding carboxylic acids is 2. The molecule has 0 fully saturated rings. The largest absolute Gasteiger partial charge is 0.492 e. The zero-order valence-corrected chi connectivity index (χ0v) is 13.5. The molecule has 25 heavy (non-hydrogen) atoms. The molecule has 0 radical (unpaired) electrons. The van der Waals surface area contributed by atoms with Gasteiger partial charge in [-0.05, 0) is 42.7 Å². The van der Waals surface area contributed by atoms with E-state index < -0.39 is 0 Å². The van der Waals surface area contributed by atoms with Crippen molar-refractivity contribution in [2.75, 3.05) is 11.9 Å². The van der Waals surface area contributed by atoms with E-state index in [2.05, 4.69) is 10.3 Å². The van der Waals surface area contributed by atoms with Crippen LogP contribution in [0.4, 0.5) is 5.82 Å². The summed E-state index contributed by atoms with van der Waals surface area (Å²) >= 11 is 0. The summed E-state index contributed by atoms with van der Waals surface area (Å²) < 4.78 is 11.6. The van der Waals surface area contributed by atoms with Crippen LogP contribution in [0.25, 0.3) is 0 Å². The van der Waals surface area contributed by atoms with E-state index in [0.717, 1.165) is 16.9 Å². The smallest absolute Gasteiger partial charge is 0.225 e. The predicted molar refractivity (Wildman–Crippen MR) is 89.6 cm³/mol. The molecule has 0 bridgehead atoms. The third-order valence-corrected chi connectivity index (χ3v) is 4.44. The SMILES string of the molecule is NC(=O)C1COc2ccc(Oc3ccnc4c3CCC(=O)N4)cc2C1. The maximum Gasteiger partial charge on any atom is 0.225 e. The summed E-state index contributed by atoms with van der Waals surface area (Å²) in [5, 5.41) is 2.75. The Hall–Kier alpha value is -3.09. The summed E-state index contributed by atoms with van der Waals surface area (Å²) in [7, 11) is 0. The molecule has 2 aliphatic rings. The molecule has 1 unspecified atom stereocenters. The maximum atomic E-state index is 11.5. The molecule has 0 aliphatic carbocycles. The van der Waals surface area contributed by atoms with Crippen molar-refractivity contribution in [3.63, 3.8) is 0 Å². The molecule has 0 spiro atoms. The monoisotopic (exact) mass is 339 g/mol. The van der Waals surface area contributed by atoms with E-state index in [4.69, 9.17) is 15.2 Å². The number of nitrogens with zero attached hydrogens (tertiary/aromatic N) is 1. The van der Waals surface area contributed by atoms with Gasteiger partial charge in [-0.15, -0.1) is 0 Å². The van der Waals surface area contributed by atoms with Gasteiger partial charge in [0.05, 0.1) is 5.92 Å². The van der Waals surface area contributed by atoms with E-state index in [-0.39, 0.29) is 17.7 Å². The number of nitrogens with one attached hydrogen (secondary N) is 1. The van der Waals surface area contributed by atoms with Crippen molar-refractivity contribution >= 4 is 17.6 Å². The third kappa shape index (κ3) is 3.00. The van der Waals surface area contributed by atoms with Crippen LogP contribution in [-0.2, 0) is 22.4 Å². The highest BCUT2D eigenvalue weighted by atomic mass is 16.5. The number of benzene rings is 1. The number of pyridine rings is 1. The summed E-state index contributed by atoms with van der Waals surface area (Å²) in [6, 6.07) is 7.28. The number of rotatable bonds is 3. The highest BCUT2D eigenvalue weighted by molar-refractivity contribution is 5.93. The molecule has 7 heteroatoms. The summed E-state index contributed by atoms with van der Waals surface area (Å²) in [6.07, 6.45) is 3.13. The second-order valence-corrected chi connectivity index (χ2v) is 6.17. The van der Waals surface area contributed by atoms with E-state index >= 15 is 0 Å². The normalized spacial score (nSPS) is 18.4. The zero-order chi connectivity index (χ0) is 17.4. The molecule has 2 amide bonds. The van der Waals surface area contributed by atoms with E-state index in [1.165, 1.54) is 0 Å². The third-order valence-electron chi connectivity index (χ3n) is 4.44. The van der Waals surface area contributed by atoms with Crippen LogP contribution >= 0.6 is 0 Å². The standard InChI is InChI=1S/C18H17N3O4/c19-17(23)11-7-10-8-12(1-3-14(10)24-9-11)25-15-5-6-20-18-13(15)2-4-16(22)21-18/h1,3,5-6,8,11H,2,4,7,9H2,(H2,19,23)(H,20,21,22). The lowest BCUT2D eigenvalue weighted by Gasteiger charge is -2.24. The van der Waals surface area contributed by atoms with Crippen LogP contribution in [0.15, 0.2) is 30.5 Å². The second-order valence-electron chi connectivity index (χ2n) is 6.17. The predicted octanol–water partition coefficient (Wildman–Crippen LogP) is 1.79. The summed E-state index contributed by atoms with van der Waals surface area (Å²) in [5.74, 6) is 1.85. The van der Waals surface area contributed by atoms with Gasteiger partial charge in [0.2, 0.25) is 11.8 Å². The van der Waals surface area contributed by atoms with Gasteiger partial charge in [-0.1, -0.05) is 0 Å². The lowest BCUT2D eigenvalue weighted by Crippen LogP contribution is -2.33. The number of anilines is 1. The molecule has 1 aromatic heterocycles. The number of hydrogen-bond acceptors (Lipinski definition) is 5. The van der Waals surface area contributed by atoms with E-state index in [1.807, 2.05) is 18.2 Å². The number of primary amides is 1. The highest BCUT2D eigenvalue weighted by Crippen LogP contribution is 2.35. The summed E-state index contributed by atoms with van der Waals surface area (Å²) in [6.45, 7) is 0.306. The van der Waals surface area contributed by atoms with Crippen molar-refractivity contribution in [3.8, 4) is 17.2 Å². The fraction of sp³-hybridized carbons (Fsp3) is 0.278. The van der Waals surface area contributed by atoms with Crippen LogP contribution in [0.2, 0.25) is 0 Å². The minimum atomic E-state index is -0.365. The number of aromatic nitrogens is 1. The van der Waals surface area contributed by atoms with Crippen molar-refractivity contribution in [3.05, 3.63) is 41.6 Å².